The van der Waals surface area contributed by atoms with Gasteiger partial charge in [-0.3, -0.25) is 0 Å². The molecule has 0 aromatic heterocycles. The Morgan fingerprint density at radius 1 is 0.593 bits per heavy atom. The highest BCUT2D eigenvalue weighted by Gasteiger charge is 2.05. The van der Waals surface area contributed by atoms with Crippen molar-refractivity contribution in [1.29, 1.82) is 0 Å². The topological polar surface area (TPSA) is 0 Å². The first-order valence-corrected chi connectivity index (χ1v) is 8.59. The molecule has 3 rings (SSSR count). The second-order valence-corrected chi connectivity index (χ2v) is 6.46. The van der Waals surface area contributed by atoms with E-state index in [2.05, 4.69) is 23.7 Å². The van der Waals surface area contributed by atoms with Crippen LogP contribution in [0.5, 0.6) is 0 Å². The van der Waals surface area contributed by atoms with Gasteiger partial charge in [-0.15, -0.1) is 0 Å². The first-order chi connectivity index (χ1) is 12.9. The molecule has 0 aliphatic carbocycles. The maximum atomic E-state index is 13.6. The van der Waals surface area contributed by atoms with Gasteiger partial charge < -0.3 is 0 Å². The normalized spacial score (nSPS) is 9.81. The van der Waals surface area contributed by atoms with E-state index < -0.39 is 11.6 Å². The predicted molar refractivity (Wildman–Crippen MR) is 105 cm³/mol. The summed E-state index contributed by atoms with van der Waals surface area (Å²) >= 11 is 0. The zero-order chi connectivity index (χ0) is 19.4. The molecule has 0 fully saturated rings. The summed E-state index contributed by atoms with van der Waals surface area (Å²) in [7, 11) is 0. The largest absolute Gasteiger partial charge is 0.207 e. The first kappa shape index (κ1) is 18.4. The summed E-state index contributed by atoms with van der Waals surface area (Å²) in [5, 5.41) is 0. The third-order valence-electron chi connectivity index (χ3n) is 4.25. The molecule has 0 atom stereocenters. The van der Waals surface area contributed by atoms with Crippen LogP contribution < -0.4 is 0 Å². The smallest absolute Gasteiger partial charge is 0.130 e. The van der Waals surface area contributed by atoms with Crippen molar-refractivity contribution < 1.29 is 8.78 Å². The molecule has 0 aliphatic rings. The number of hydrogen-bond acceptors (Lipinski definition) is 0. The van der Waals surface area contributed by atoms with Crippen molar-refractivity contribution in [1.82, 2.24) is 0 Å². The number of rotatable bonds is 0. The summed E-state index contributed by atoms with van der Waals surface area (Å²) < 4.78 is 27.2. The first-order valence-electron chi connectivity index (χ1n) is 8.59. The molecule has 132 valence electrons. The van der Waals surface area contributed by atoms with Crippen molar-refractivity contribution in [2.24, 2.45) is 0 Å². The molecule has 0 radical (unpaired) electrons. The van der Waals surface area contributed by atoms with Gasteiger partial charge in [0, 0.05) is 27.8 Å². The van der Waals surface area contributed by atoms with Gasteiger partial charge in [-0.25, -0.2) is 8.78 Å². The average molecular weight is 356 g/mol. The summed E-state index contributed by atoms with van der Waals surface area (Å²) in [6, 6.07) is 16.3. The minimum atomic E-state index is -0.585. The minimum Gasteiger partial charge on any atom is -0.207 e. The van der Waals surface area contributed by atoms with Gasteiger partial charge >= 0.3 is 0 Å². The molecule has 27 heavy (non-hydrogen) atoms. The van der Waals surface area contributed by atoms with E-state index >= 15 is 0 Å². The van der Waals surface area contributed by atoms with Gasteiger partial charge in [0.25, 0.3) is 0 Å². The van der Waals surface area contributed by atoms with Crippen LogP contribution in [0.3, 0.4) is 0 Å². The fraction of sp³-hybridized carbons (Fsp3) is 0.120. The zero-order valence-corrected chi connectivity index (χ0v) is 15.5. The molecule has 0 bridgehead atoms. The van der Waals surface area contributed by atoms with Crippen LogP contribution in [0.15, 0.2) is 54.6 Å². The molecule has 0 amide bonds. The van der Waals surface area contributed by atoms with Crippen LogP contribution in [-0.2, 0) is 0 Å². The summed E-state index contributed by atoms with van der Waals surface area (Å²) in [4.78, 5) is 0. The molecule has 0 N–H and O–H groups in total. The molecule has 3 aromatic rings. The van der Waals surface area contributed by atoms with Crippen molar-refractivity contribution in [3.8, 4) is 23.7 Å². The lowest BCUT2D eigenvalue weighted by Crippen LogP contribution is -1.91. The van der Waals surface area contributed by atoms with E-state index in [1.807, 2.05) is 56.3 Å². The third-order valence-corrected chi connectivity index (χ3v) is 4.25. The Morgan fingerprint density at radius 2 is 1.15 bits per heavy atom. The highest BCUT2D eigenvalue weighted by atomic mass is 19.1. The summed E-state index contributed by atoms with van der Waals surface area (Å²) in [5.41, 5.74) is 5.15. The van der Waals surface area contributed by atoms with E-state index in [1.165, 1.54) is 24.6 Å². The number of aryl methyl sites for hydroxylation is 2. The van der Waals surface area contributed by atoms with E-state index in [9.17, 15) is 8.78 Å². The van der Waals surface area contributed by atoms with Gasteiger partial charge in [-0.2, -0.15) is 0 Å². The van der Waals surface area contributed by atoms with Crippen LogP contribution in [-0.4, -0.2) is 0 Å². The lowest BCUT2D eigenvalue weighted by Gasteiger charge is -2.00. The second-order valence-electron chi connectivity index (χ2n) is 6.46. The SMILES string of the molecule is Cc1ccc(C#Cc2ccc(C#Cc3cc(F)c(C)c(F)c3)c(C)c2)cc1. The number of benzene rings is 3. The second kappa shape index (κ2) is 7.90. The van der Waals surface area contributed by atoms with Gasteiger partial charge in [-0.1, -0.05) is 41.4 Å². The summed E-state index contributed by atoms with van der Waals surface area (Å²) in [5.74, 6) is 10.9. The molecule has 2 heteroatoms. The van der Waals surface area contributed by atoms with Crippen molar-refractivity contribution >= 4 is 0 Å². The Bertz CT molecular complexity index is 1090. The van der Waals surface area contributed by atoms with E-state index in [1.54, 1.807) is 0 Å². The summed E-state index contributed by atoms with van der Waals surface area (Å²) in [6.45, 7) is 5.39. The van der Waals surface area contributed by atoms with Crippen molar-refractivity contribution in [3.63, 3.8) is 0 Å². The Morgan fingerprint density at radius 3 is 1.78 bits per heavy atom. The summed E-state index contributed by atoms with van der Waals surface area (Å²) in [6.07, 6.45) is 0. The fourth-order valence-electron chi connectivity index (χ4n) is 2.52. The lowest BCUT2D eigenvalue weighted by molar-refractivity contribution is 0.567. The standard InChI is InChI=1S/C25H18F2/c1-17-4-6-20(7-5-17)8-9-21-10-12-23(18(2)14-21)13-11-22-15-24(26)19(3)25(27)16-22/h4-7,10,12,14-16H,1-3H3. The molecular formula is C25H18F2. The molecule has 0 nitrogen and oxygen atoms in total. The molecule has 0 spiro atoms. The Kier molecular flexibility index (Phi) is 5.39. The minimum absolute atomic E-state index is 0.00762. The van der Waals surface area contributed by atoms with Crippen molar-refractivity contribution in [3.05, 3.63) is 105 Å². The van der Waals surface area contributed by atoms with E-state index in [4.69, 9.17) is 0 Å². The van der Waals surface area contributed by atoms with Gasteiger partial charge in [0.1, 0.15) is 11.6 Å². The van der Waals surface area contributed by atoms with Crippen LogP contribution in [0.2, 0.25) is 0 Å². The zero-order valence-electron chi connectivity index (χ0n) is 15.5. The molecular weight excluding hydrogens is 338 g/mol. The highest BCUT2D eigenvalue weighted by molar-refractivity contribution is 5.51. The van der Waals surface area contributed by atoms with Crippen LogP contribution in [0.4, 0.5) is 8.78 Å². The van der Waals surface area contributed by atoms with Gasteiger partial charge in [0.15, 0.2) is 0 Å². The third kappa shape index (κ3) is 4.63. The van der Waals surface area contributed by atoms with E-state index in [0.717, 1.165) is 22.3 Å². The molecule has 3 aromatic carbocycles. The Balaban J connectivity index is 1.83. The number of hydrogen-bond donors (Lipinski definition) is 0. The van der Waals surface area contributed by atoms with Gasteiger partial charge in [-0.05, 0) is 68.8 Å². The van der Waals surface area contributed by atoms with Gasteiger partial charge in [0.05, 0.1) is 0 Å². The van der Waals surface area contributed by atoms with Crippen molar-refractivity contribution in [2.75, 3.05) is 0 Å². The van der Waals surface area contributed by atoms with E-state index in [-0.39, 0.29) is 5.56 Å². The molecule has 0 unspecified atom stereocenters. The van der Waals surface area contributed by atoms with Gasteiger partial charge in [0.2, 0.25) is 0 Å². The van der Waals surface area contributed by atoms with E-state index in [0.29, 0.717) is 5.56 Å². The monoisotopic (exact) mass is 356 g/mol. The van der Waals surface area contributed by atoms with Crippen LogP contribution >= 0.6 is 0 Å². The number of halogens is 2. The molecule has 0 aliphatic heterocycles. The fourth-order valence-corrected chi connectivity index (χ4v) is 2.52. The molecule has 0 saturated carbocycles. The highest BCUT2D eigenvalue weighted by Crippen LogP contribution is 2.14. The van der Waals surface area contributed by atoms with Crippen molar-refractivity contribution in [2.45, 2.75) is 20.8 Å². The predicted octanol–water partition coefficient (Wildman–Crippen LogP) is 5.69. The quantitative estimate of drug-likeness (QED) is 0.454. The lowest BCUT2D eigenvalue weighted by atomic mass is 10.0. The maximum absolute atomic E-state index is 13.6. The average Bonchev–Trinajstić information content (AvgIpc) is 2.65. The maximum Gasteiger partial charge on any atom is 0.130 e. The molecule has 0 saturated heterocycles. The van der Waals surface area contributed by atoms with Crippen LogP contribution in [0.25, 0.3) is 0 Å². The van der Waals surface area contributed by atoms with Crippen LogP contribution in [0.1, 0.15) is 38.9 Å². The Hall–Kier alpha value is -3.36. The molecule has 0 heterocycles. The Labute approximate surface area is 158 Å². The van der Waals surface area contributed by atoms with Crippen LogP contribution in [0, 0.1) is 56.1 Å².